The number of alkyl halides is 3. The number of anilines is 3. The van der Waals surface area contributed by atoms with Gasteiger partial charge in [0.1, 0.15) is 11.3 Å². The van der Waals surface area contributed by atoms with E-state index < -0.39 is 29.7 Å². The van der Waals surface area contributed by atoms with Crippen LogP contribution in [0.15, 0.2) is 36.5 Å². The number of aryl methyl sites for hydroxylation is 1. The number of carbonyl (C=O) groups excluding carboxylic acids is 3. The second kappa shape index (κ2) is 8.47. The maximum atomic E-state index is 12.5. The zero-order chi connectivity index (χ0) is 22.7. The van der Waals surface area contributed by atoms with Crippen molar-refractivity contribution < 1.29 is 32.3 Å². The first kappa shape index (κ1) is 22.8. The monoisotopic (exact) mass is 426 g/mol. The van der Waals surface area contributed by atoms with Crippen molar-refractivity contribution in [3.63, 3.8) is 0 Å². The zero-order valence-corrected chi connectivity index (χ0v) is 16.7. The molecule has 0 saturated heterocycles. The van der Waals surface area contributed by atoms with Gasteiger partial charge in [-0.15, -0.1) is 0 Å². The van der Waals surface area contributed by atoms with E-state index in [0.29, 0.717) is 11.4 Å². The molecule has 0 radical (unpaired) electrons. The smallest absolute Gasteiger partial charge is 0.444 e. The predicted octanol–water partition coefficient (Wildman–Crippen LogP) is 4.13. The molecule has 0 aliphatic carbocycles. The molecule has 0 unspecified atom stereocenters. The van der Waals surface area contributed by atoms with Gasteiger partial charge in [-0.1, -0.05) is 0 Å². The Morgan fingerprint density at radius 1 is 0.900 bits per heavy atom. The fourth-order valence-electron chi connectivity index (χ4n) is 2.31. The summed E-state index contributed by atoms with van der Waals surface area (Å²) in [6.45, 7) is 5.16. The summed E-state index contributed by atoms with van der Waals surface area (Å²) >= 11 is 0. The summed E-state index contributed by atoms with van der Waals surface area (Å²) in [5.74, 6) is -2.60. The third-order valence-corrected chi connectivity index (χ3v) is 3.54. The van der Waals surface area contributed by atoms with Crippen LogP contribution >= 0.6 is 0 Å². The Balaban J connectivity index is 2.02. The summed E-state index contributed by atoms with van der Waals surface area (Å²) in [6, 6.07) is 6.57. The number of rotatable bonds is 4. The Morgan fingerprint density at radius 3 is 1.93 bits per heavy atom. The lowest BCUT2D eigenvalue weighted by Crippen LogP contribution is -2.29. The van der Waals surface area contributed by atoms with Crippen molar-refractivity contribution in [1.82, 2.24) is 4.57 Å². The Bertz CT molecular complexity index is 944. The highest BCUT2D eigenvalue weighted by molar-refractivity contribution is 6.04. The summed E-state index contributed by atoms with van der Waals surface area (Å²) in [6.07, 6.45) is -4.14. The molecule has 3 amide bonds. The Morgan fingerprint density at radius 2 is 1.43 bits per heavy atom. The maximum Gasteiger partial charge on any atom is 0.471 e. The molecule has 1 aromatic carbocycles. The van der Waals surface area contributed by atoms with Gasteiger partial charge >= 0.3 is 18.2 Å². The number of hydrogen-bond donors (Lipinski definition) is 3. The minimum absolute atomic E-state index is 0.0713. The van der Waals surface area contributed by atoms with Gasteiger partial charge in [0, 0.05) is 24.6 Å². The minimum Gasteiger partial charge on any atom is -0.444 e. The highest BCUT2D eigenvalue weighted by Crippen LogP contribution is 2.21. The van der Waals surface area contributed by atoms with Crippen molar-refractivity contribution in [3.05, 3.63) is 42.2 Å². The van der Waals surface area contributed by atoms with E-state index in [-0.39, 0.29) is 11.4 Å². The summed E-state index contributed by atoms with van der Waals surface area (Å²) in [5.41, 5.74) is 0.119. The van der Waals surface area contributed by atoms with Gasteiger partial charge in [0.15, 0.2) is 0 Å². The number of aromatic nitrogens is 1. The second-order valence-corrected chi connectivity index (χ2v) is 7.34. The van der Waals surface area contributed by atoms with Gasteiger partial charge in [0.05, 0.1) is 5.69 Å². The van der Waals surface area contributed by atoms with E-state index in [0.717, 1.165) is 0 Å². The summed E-state index contributed by atoms with van der Waals surface area (Å²) in [7, 11) is 1.60. The second-order valence-electron chi connectivity index (χ2n) is 7.34. The fourth-order valence-corrected chi connectivity index (χ4v) is 2.31. The van der Waals surface area contributed by atoms with E-state index in [1.54, 1.807) is 33.1 Å². The van der Waals surface area contributed by atoms with Crippen molar-refractivity contribution >= 4 is 35.0 Å². The van der Waals surface area contributed by atoms with Gasteiger partial charge in [0.2, 0.25) is 0 Å². The van der Waals surface area contributed by atoms with Crippen LogP contribution in [0, 0.1) is 0 Å². The number of amides is 3. The lowest BCUT2D eigenvalue weighted by atomic mass is 10.2. The molecule has 11 heteroatoms. The van der Waals surface area contributed by atoms with Crippen LogP contribution in [0.2, 0.25) is 0 Å². The van der Waals surface area contributed by atoms with E-state index in [4.69, 9.17) is 4.74 Å². The summed E-state index contributed by atoms with van der Waals surface area (Å²) < 4.78 is 43.4. The molecule has 3 N–H and O–H groups in total. The largest absolute Gasteiger partial charge is 0.471 e. The van der Waals surface area contributed by atoms with Crippen LogP contribution in [0.5, 0.6) is 0 Å². The molecule has 1 heterocycles. The van der Waals surface area contributed by atoms with Gasteiger partial charge in [-0.05, 0) is 51.1 Å². The first-order valence-electron chi connectivity index (χ1n) is 8.70. The van der Waals surface area contributed by atoms with E-state index in [1.165, 1.54) is 41.1 Å². The lowest BCUT2D eigenvalue weighted by molar-refractivity contribution is -0.167. The fraction of sp³-hybridized carbons (Fsp3) is 0.316. The predicted molar refractivity (Wildman–Crippen MR) is 104 cm³/mol. The van der Waals surface area contributed by atoms with E-state index in [9.17, 15) is 27.6 Å². The van der Waals surface area contributed by atoms with E-state index in [2.05, 4.69) is 10.6 Å². The summed E-state index contributed by atoms with van der Waals surface area (Å²) in [4.78, 5) is 35.2. The van der Waals surface area contributed by atoms with Crippen LogP contribution in [0.3, 0.4) is 0 Å². The number of benzene rings is 1. The molecule has 0 aliphatic heterocycles. The maximum absolute atomic E-state index is 12.5. The average Bonchev–Trinajstić information content (AvgIpc) is 2.94. The molecular formula is C19H21F3N4O4. The number of ether oxygens (including phenoxy) is 1. The van der Waals surface area contributed by atoms with Crippen LogP contribution in [0.25, 0.3) is 0 Å². The number of halogens is 3. The van der Waals surface area contributed by atoms with Crippen molar-refractivity contribution in [3.8, 4) is 0 Å². The van der Waals surface area contributed by atoms with E-state index >= 15 is 0 Å². The Labute approximate surface area is 170 Å². The topological polar surface area (TPSA) is 101 Å². The van der Waals surface area contributed by atoms with Crippen LogP contribution in [0.4, 0.5) is 35.0 Å². The highest BCUT2D eigenvalue weighted by atomic mass is 19.4. The SMILES string of the molecule is Cn1cc(NC(=O)OC(C)(C)C)cc1C(=O)Nc1ccc(NC(=O)C(F)(F)F)cc1. The molecule has 2 rings (SSSR count). The van der Waals surface area contributed by atoms with Gasteiger partial charge in [0.25, 0.3) is 5.91 Å². The molecular weight excluding hydrogens is 405 g/mol. The Hall–Kier alpha value is -3.50. The molecule has 0 spiro atoms. The highest BCUT2D eigenvalue weighted by Gasteiger charge is 2.38. The lowest BCUT2D eigenvalue weighted by Gasteiger charge is -2.19. The molecule has 1 aromatic heterocycles. The van der Waals surface area contributed by atoms with E-state index in [1.807, 2.05) is 0 Å². The van der Waals surface area contributed by atoms with Crippen LogP contribution in [0.1, 0.15) is 31.3 Å². The van der Waals surface area contributed by atoms with Crippen LogP contribution in [-0.4, -0.2) is 34.3 Å². The Kier molecular flexibility index (Phi) is 6.44. The summed E-state index contributed by atoms with van der Waals surface area (Å²) in [5, 5.41) is 6.81. The molecule has 0 fully saturated rings. The van der Waals surface area contributed by atoms with Crippen LogP contribution < -0.4 is 16.0 Å². The molecule has 0 bridgehead atoms. The average molecular weight is 426 g/mol. The number of nitrogens with zero attached hydrogens (tertiary/aromatic N) is 1. The molecule has 162 valence electrons. The third-order valence-electron chi connectivity index (χ3n) is 3.54. The first-order valence-corrected chi connectivity index (χ1v) is 8.70. The van der Waals surface area contributed by atoms with Crippen molar-refractivity contribution in [2.75, 3.05) is 16.0 Å². The van der Waals surface area contributed by atoms with Gasteiger partial charge < -0.3 is 19.9 Å². The van der Waals surface area contributed by atoms with Crippen LogP contribution in [-0.2, 0) is 16.6 Å². The molecule has 0 aliphatic rings. The van der Waals surface area contributed by atoms with Gasteiger partial charge in [-0.25, -0.2) is 4.79 Å². The zero-order valence-electron chi connectivity index (χ0n) is 16.7. The third kappa shape index (κ3) is 6.54. The number of carbonyl (C=O) groups is 3. The molecule has 8 nitrogen and oxygen atoms in total. The van der Waals surface area contributed by atoms with Gasteiger partial charge in [-0.2, -0.15) is 13.2 Å². The van der Waals surface area contributed by atoms with Crippen molar-refractivity contribution in [2.24, 2.45) is 7.05 Å². The molecule has 2 aromatic rings. The quantitative estimate of drug-likeness (QED) is 0.684. The van der Waals surface area contributed by atoms with Gasteiger partial charge in [-0.3, -0.25) is 14.9 Å². The number of hydrogen-bond acceptors (Lipinski definition) is 4. The molecule has 0 atom stereocenters. The number of nitrogens with one attached hydrogen (secondary N) is 3. The normalized spacial score (nSPS) is 11.6. The molecule has 30 heavy (non-hydrogen) atoms. The standard InChI is InChI=1S/C19H21F3N4O4/c1-18(2,3)30-17(29)25-13-9-14(26(4)10-13)15(27)23-11-5-7-12(8-6-11)24-16(28)19(20,21)22/h5-10H,1-4H3,(H,23,27)(H,24,28)(H,25,29). The van der Waals surface area contributed by atoms with Crippen molar-refractivity contribution in [2.45, 2.75) is 32.5 Å². The first-order chi connectivity index (χ1) is 13.7. The minimum atomic E-state index is -5.00. The van der Waals surface area contributed by atoms with Crippen molar-refractivity contribution in [1.29, 1.82) is 0 Å². The molecule has 0 saturated carbocycles.